The molecule has 4 rings (SSSR count). The van der Waals surface area contributed by atoms with Crippen LogP contribution in [0.2, 0.25) is 5.02 Å². The Balaban J connectivity index is 1.40. The quantitative estimate of drug-likeness (QED) is 0.824. The SMILES string of the molecule is CC1(C)C[C@@H]2C[C@@](C)(CN2C(=O)C2(O)CCN(Cc3ccccc3Cl)CC2)C1. The molecule has 3 aliphatic rings. The van der Waals surface area contributed by atoms with Crippen LogP contribution in [-0.4, -0.2) is 52.1 Å². The lowest BCUT2D eigenvalue weighted by atomic mass is 9.65. The number of amides is 1. The molecule has 2 aliphatic heterocycles. The summed E-state index contributed by atoms with van der Waals surface area (Å²) in [5.74, 6) is -0.0312. The highest BCUT2D eigenvalue weighted by Crippen LogP contribution is 2.53. The van der Waals surface area contributed by atoms with Crippen molar-refractivity contribution < 1.29 is 9.90 Å². The molecular formula is C23H33ClN2O2. The minimum Gasteiger partial charge on any atom is -0.380 e. The van der Waals surface area contributed by atoms with Crippen LogP contribution in [0.15, 0.2) is 24.3 Å². The Bertz CT molecular complexity index is 757. The van der Waals surface area contributed by atoms with Crippen LogP contribution in [-0.2, 0) is 11.3 Å². The van der Waals surface area contributed by atoms with Crippen LogP contribution in [0.25, 0.3) is 0 Å². The van der Waals surface area contributed by atoms with Crippen LogP contribution < -0.4 is 0 Å². The van der Waals surface area contributed by atoms with Crippen molar-refractivity contribution in [2.45, 2.75) is 71.1 Å². The molecule has 1 aromatic rings. The van der Waals surface area contributed by atoms with Gasteiger partial charge in [0, 0.05) is 37.2 Å². The summed E-state index contributed by atoms with van der Waals surface area (Å²) in [6, 6.07) is 8.17. The van der Waals surface area contributed by atoms with E-state index in [-0.39, 0.29) is 22.8 Å². The van der Waals surface area contributed by atoms with Crippen LogP contribution in [0.5, 0.6) is 0 Å². The van der Waals surface area contributed by atoms with Crippen molar-refractivity contribution in [1.29, 1.82) is 0 Å². The van der Waals surface area contributed by atoms with Gasteiger partial charge in [-0.25, -0.2) is 0 Å². The van der Waals surface area contributed by atoms with Gasteiger partial charge in [-0.05, 0) is 54.6 Å². The highest BCUT2D eigenvalue weighted by Gasteiger charge is 2.54. The minimum atomic E-state index is -1.21. The smallest absolute Gasteiger partial charge is 0.254 e. The Kier molecular flexibility index (Phi) is 5.05. The molecule has 3 fully saturated rings. The van der Waals surface area contributed by atoms with Crippen LogP contribution in [0.1, 0.15) is 58.4 Å². The first kappa shape index (κ1) is 20.2. The zero-order chi connectivity index (χ0) is 20.2. The number of nitrogens with zero attached hydrogens (tertiary/aromatic N) is 2. The predicted molar refractivity (Wildman–Crippen MR) is 112 cm³/mol. The lowest BCUT2D eigenvalue weighted by Gasteiger charge is -2.41. The number of hydrogen-bond donors (Lipinski definition) is 1. The Labute approximate surface area is 173 Å². The number of benzene rings is 1. The second-order valence-electron chi connectivity index (χ2n) is 10.5. The number of fused-ring (bicyclic) bond motifs is 2. The van der Waals surface area contributed by atoms with Gasteiger partial charge in [-0.2, -0.15) is 0 Å². The molecule has 1 N–H and O–H groups in total. The number of rotatable bonds is 3. The third-order valence-corrected chi connectivity index (χ3v) is 7.48. The molecule has 1 aromatic carbocycles. The third kappa shape index (κ3) is 3.83. The molecule has 1 aliphatic carbocycles. The van der Waals surface area contributed by atoms with Crippen molar-refractivity contribution in [3.8, 4) is 0 Å². The maximum absolute atomic E-state index is 13.4. The fourth-order valence-corrected chi connectivity index (χ4v) is 6.32. The summed E-state index contributed by atoms with van der Waals surface area (Å²) < 4.78 is 0. The lowest BCUT2D eigenvalue weighted by molar-refractivity contribution is -0.157. The van der Waals surface area contributed by atoms with Gasteiger partial charge in [0.05, 0.1) is 0 Å². The van der Waals surface area contributed by atoms with Crippen molar-refractivity contribution in [2.24, 2.45) is 10.8 Å². The highest BCUT2D eigenvalue weighted by atomic mass is 35.5. The van der Waals surface area contributed by atoms with Gasteiger partial charge in [0.2, 0.25) is 0 Å². The van der Waals surface area contributed by atoms with Gasteiger partial charge in [0.1, 0.15) is 5.60 Å². The van der Waals surface area contributed by atoms with E-state index in [1.807, 2.05) is 29.2 Å². The number of hydrogen-bond acceptors (Lipinski definition) is 3. The van der Waals surface area contributed by atoms with E-state index in [1.165, 1.54) is 0 Å². The summed E-state index contributed by atoms with van der Waals surface area (Å²) in [6.45, 7) is 9.93. The van der Waals surface area contributed by atoms with E-state index in [2.05, 4.69) is 25.7 Å². The lowest BCUT2D eigenvalue weighted by Crippen LogP contribution is -2.56. The van der Waals surface area contributed by atoms with Gasteiger partial charge in [-0.3, -0.25) is 9.69 Å². The van der Waals surface area contributed by atoms with E-state index in [0.29, 0.717) is 25.9 Å². The van der Waals surface area contributed by atoms with Crippen molar-refractivity contribution >= 4 is 17.5 Å². The molecule has 28 heavy (non-hydrogen) atoms. The van der Waals surface area contributed by atoms with Crippen LogP contribution in [0.3, 0.4) is 0 Å². The van der Waals surface area contributed by atoms with Crippen molar-refractivity contribution in [3.63, 3.8) is 0 Å². The molecule has 5 heteroatoms. The largest absolute Gasteiger partial charge is 0.380 e. The summed E-state index contributed by atoms with van der Waals surface area (Å²) in [5, 5.41) is 12.0. The topological polar surface area (TPSA) is 43.8 Å². The molecule has 2 atom stereocenters. The Hall–Kier alpha value is -1.10. The number of halogens is 1. The summed E-state index contributed by atoms with van der Waals surface area (Å²) in [4.78, 5) is 17.7. The predicted octanol–water partition coefficient (Wildman–Crippen LogP) is 4.09. The van der Waals surface area contributed by atoms with Crippen molar-refractivity contribution in [2.75, 3.05) is 19.6 Å². The Morgan fingerprint density at radius 1 is 1.18 bits per heavy atom. The van der Waals surface area contributed by atoms with Gasteiger partial charge in [-0.15, -0.1) is 0 Å². The number of carbonyl (C=O) groups excluding carboxylic acids is 1. The molecule has 1 amide bonds. The van der Waals surface area contributed by atoms with E-state index < -0.39 is 5.60 Å². The zero-order valence-corrected chi connectivity index (χ0v) is 18.1. The van der Waals surface area contributed by atoms with E-state index in [1.54, 1.807) is 0 Å². The number of likely N-dealkylation sites (tertiary alicyclic amines) is 2. The summed E-state index contributed by atoms with van der Waals surface area (Å²) in [6.07, 6.45) is 4.28. The minimum absolute atomic E-state index is 0.0312. The molecule has 4 nitrogen and oxygen atoms in total. The second kappa shape index (κ2) is 7.00. The summed E-state index contributed by atoms with van der Waals surface area (Å²) >= 11 is 6.29. The molecule has 1 saturated carbocycles. The van der Waals surface area contributed by atoms with Crippen molar-refractivity contribution in [3.05, 3.63) is 34.9 Å². The highest BCUT2D eigenvalue weighted by molar-refractivity contribution is 6.31. The zero-order valence-electron chi connectivity index (χ0n) is 17.4. The maximum Gasteiger partial charge on any atom is 0.254 e. The Morgan fingerprint density at radius 2 is 1.86 bits per heavy atom. The first-order valence-electron chi connectivity index (χ1n) is 10.6. The van der Waals surface area contributed by atoms with Gasteiger partial charge in [-0.1, -0.05) is 50.6 Å². The number of aliphatic hydroxyl groups is 1. The van der Waals surface area contributed by atoms with Gasteiger partial charge < -0.3 is 10.0 Å². The first-order valence-corrected chi connectivity index (χ1v) is 11.0. The average molecular weight is 405 g/mol. The van der Waals surface area contributed by atoms with E-state index >= 15 is 0 Å². The Morgan fingerprint density at radius 3 is 2.54 bits per heavy atom. The summed E-state index contributed by atoms with van der Waals surface area (Å²) in [7, 11) is 0. The van der Waals surface area contributed by atoms with Crippen LogP contribution in [0, 0.1) is 10.8 Å². The third-order valence-electron chi connectivity index (χ3n) is 7.11. The molecule has 2 bridgehead atoms. The van der Waals surface area contributed by atoms with Gasteiger partial charge in [0.25, 0.3) is 5.91 Å². The van der Waals surface area contributed by atoms with E-state index in [0.717, 1.165) is 42.9 Å². The summed E-state index contributed by atoms with van der Waals surface area (Å²) in [5.41, 5.74) is 0.357. The molecule has 0 unspecified atom stereocenters. The van der Waals surface area contributed by atoms with Gasteiger partial charge in [0.15, 0.2) is 0 Å². The van der Waals surface area contributed by atoms with E-state index in [4.69, 9.17) is 11.6 Å². The van der Waals surface area contributed by atoms with Crippen LogP contribution >= 0.6 is 11.6 Å². The van der Waals surface area contributed by atoms with Crippen molar-refractivity contribution in [1.82, 2.24) is 9.80 Å². The number of piperidine rings is 1. The number of carbonyl (C=O) groups is 1. The monoisotopic (exact) mass is 404 g/mol. The maximum atomic E-state index is 13.4. The second-order valence-corrected chi connectivity index (χ2v) is 11.0. The molecule has 0 spiro atoms. The van der Waals surface area contributed by atoms with E-state index in [9.17, 15) is 9.90 Å². The van der Waals surface area contributed by atoms with Crippen LogP contribution in [0.4, 0.5) is 0 Å². The molecule has 2 heterocycles. The molecule has 154 valence electrons. The van der Waals surface area contributed by atoms with Gasteiger partial charge >= 0.3 is 0 Å². The molecule has 0 radical (unpaired) electrons. The normalized spacial score (nSPS) is 31.8. The molecular weight excluding hydrogens is 372 g/mol. The first-order chi connectivity index (χ1) is 13.1. The molecule has 2 saturated heterocycles. The standard InChI is InChI=1S/C23H33ClN2O2/c1-21(2)12-18-13-22(3,15-21)16-26(18)20(27)23(28)8-10-25(11-9-23)14-17-6-4-5-7-19(17)24/h4-7,18,28H,8-16H2,1-3H3/t18-,22-/m1/s1. The fraction of sp³-hybridized carbons (Fsp3) is 0.696. The fourth-order valence-electron chi connectivity index (χ4n) is 6.13. The molecule has 0 aromatic heterocycles. The average Bonchev–Trinajstić information content (AvgIpc) is 2.87.